The minimum Gasteiger partial charge on any atom is -0.481 e. The van der Waals surface area contributed by atoms with E-state index in [1.54, 1.807) is 6.07 Å². The van der Waals surface area contributed by atoms with Crippen LogP contribution in [-0.4, -0.2) is 69.1 Å². The van der Waals surface area contributed by atoms with Gasteiger partial charge in [-0.1, -0.05) is 0 Å². The topological polar surface area (TPSA) is 121 Å². The molecule has 1 aliphatic heterocycles. The van der Waals surface area contributed by atoms with E-state index in [0.717, 1.165) is 0 Å². The molecular formula is C26H30F2N4O5. The van der Waals surface area contributed by atoms with Gasteiger partial charge in [0.15, 0.2) is 5.65 Å². The lowest BCUT2D eigenvalue weighted by atomic mass is 9.66. The predicted molar refractivity (Wildman–Crippen MR) is 132 cm³/mol. The number of imidazole rings is 1. The fourth-order valence-electron chi connectivity index (χ4n) is 5.04. The molecule has 1 aromatic carbocycles. The van der Waals surface area contributed by atoms with Crippen molar-refractivity contribution in [1.29, 1.82) is 0 Å². The molecule has 198 valence electrons. The summed E-state index contributed by atoms with van der Waals surface area (Å²) in [7, 11) is 0. The highest BCUT2D eigenvalue weighted by Gasteiger charge is 2.50. The van der Waals surface area contributed by atoms with Crippen molar-refractivity contribution in [1.82, 2.24) is 15.0 Å². The van der Waals surface area contributed by atoms with Gasteiger partial charge in [0.25, 0.3) is 6.01 Å². The van der Waals surface area contributed by atoms with Crippen molar-refractivity contribution in [2.75, 3.05) is 31.2 Å². The molecule has 3 heterocycles. The molecule has 0 unspecified atom stereocenters. The molecule has 2 fully saturated rings. The second kappa shape index (κ2) is 9.53. The smallest absolute Gasteiger partial charge is 0.312 e. The lowest BCUT2D eigenvalue weighted by molar-refractivity contribution is -0.171. The Balaban J connectivity index is 1.31. The lowest BCUT2D eigenvalue weighted by Crippen LogP contribution is -2.52. The third kappa shape index (κ3) is 4.73. The van der Waals surface area contributed by atoms with Gasteiger partial charge in [0.1, 0.15) is 17.7 Å². The summed E-state index contributed by atoms with van der Waals surface area (Å²) in [6, 6.07) is 5.99. The Kier molecular flexibility index (Phi) is 6.53. The van der Waals surface area contributed by atoms with E-state index in [4.69, 9.17) is 9.47 Å². The average molecular weight is 517 g/mol. The number of pyridine rings is 1. The summed E-state index contributed by atoms with van der Waals surface area (Å²) in [6.45, 7) is 5.21. The molecule has 5 rings (SSSR count). The van der Waals surface area contributed by atoms with Crippen LogP contribution in [0.2, 0.25) is 0 Å². The first-order valence-electron chi connectivity index (χ1n) is 12.4. The normalized spacial score (nSPS) is 22.8. The number of carbonyl (C=O) groups is 1. The van der Waals surface area contributed by atoms with Gasteiger partial charge in [-0.2, -0.15) is 4.98 Å². The number of hydrogen-bond donors (Lipinski definition) is 3. The zero-order valence-electron chi connectivity index (χ0n) is 20.8. The standard InChI is InChI=1S/C26H30F2N4O5/c1-25(2,23(33)34)26(35)7-5-16(6-8-26)37-24-30-20-4-3-19(29-22(20)31-24)21-17(27)13-15(14-18(21)28)32-9-11-36-12-10-32/h3-4,13-14,16,35H,5-12H2,1-2H3,(H,33,34)(H,29,30,31). The fraction of sp³-hybridized carbons (Fsp3) is 0.500. The molecule has 2 aromatic heterocycles. The van der Waals surface area contributed by atoms with Crippen molar-refractivity contribution in [3.05, 3.63) is 35.9 Å². The molecule has 0 spiro atoms. The van der Waals surface area contributed by atoms with E-state index in [9.17, 15) is 15.0 Å². The number of aromatic amines is 1. The maximum Gasteiger partial charge on any atom is 0.312 e. The Bertz CT molecular complexity index is 1290. The van der Waals surface area contributed by atoms with Gasteiger partial charge in [-0.3, -0.25) is 4.79 Å². The number of aromatic nitrogens is 3. The van der Waals surface area contributed by atoms with Gasteiger partial charge in [-0.15, -0.1) is 0 Å². The van der Waals surface area contributed by atoms with Gasteiger partial charge in [-0.25, -0.2) is 13.8 Å². The summed E-state index contributed by atoms with van der Waals surface area (Å²) in [5, 5.41) is 20.4. The SMILES string of the molecule is CC(C)(C(=O)O)C1(O)CCC(Oc2nc3nc(-c4c(F)cc(N5CCOCC5)cc4F)ccc3[nH]2)CC1. The number of fused-ring (bicyclic) bond motifs is 1. The molecule has 1 saturated heterocycles. The molecule has 0 amide bonds. The Morgan fingerprint density at radius 3 is 2.43 bits per heavy atom. The highest BCUT2D eigenvalue weighted by Crippen LogP contribution is 2.43. The lowest BCUT2D eigenvalue weighted by Gasteiger charge is -2.44. The van der Waals surface area contributed by atoms with Crippen LogP contribution in [0.15, 0.2) is 24.3 Å². The Labute approximate surface area is 212 Å². The molecule has 11 heteroatoms. The molecule has 1 aliphatic carbocycles. The van der Waals surface area contributed by atoms with Crippen LogP contribution >= 0.6 is 0 Å². The van der Waals surface area contributed by atoms with Crippen molar-refractivity contribution >= 4 is 22.8 Å². The van der Waals surface area contributed by atoms with Crippen LogP contribution in [0.25, 0.3) is 22.4 Å². The van der Waals surface area contributed by atoms with Gasteiger partial charge in [0, 0.05) is 18.8 Å². The zero-order chi connectivity index (χ0) is 26.4. The average Bonchev–Trinajstić information content (AvgIpc) is 3.27. The minimum absolute atomic E-state index is 0.118. The Morgan fingerprint density at radius 1 is 1.16 bits per heavy atom. The first-order chi connectivity index (χ1) is 17.6. The number of halogens is 2. The summed E-state index contributed by atoms with van der Waals surface area (Å²) >= 11 is 0. The molecular weight excluding hydrogens is 486 g/mol. The van der Waals surface area contributed by atoms with Crippen LogP contribution in [0.1, 0.15) is 39.5 Å². The summed E-state index contributed by atoms with van der Waals surface area (Å²) in [4.78, 5) is 25.2. The maximum absolute atomic E-state index is 15.0. The van der Waals surface area contributed by atoms with E-state index >= 15 is 8.78 Å². The number of carboxylic acids is 1. The highest BCUT2D eigenvalue weighted by molar-refractivity contribution is 5.77. The van der Waals surface area contributed by atoms with Crippen LogP contribution in [0.3, 0.4) is 0 Å². The molecule has 1 saturated carbocycles. The number of nitrogens with zero attached hydrogens (tertiary/aromatic N) is 3. The van der Waals surface area contributed by atoms with Gasteiger partial charge in [0.05, 0.1) is 41.0 Å². The van der Waals surface area contributed by atoms with Crippen LogP contribution in [0, 0.1) is 17.0 Å². The second-order valence-electron chi connectivity index (χ2n) is 10.3. The van der Waals surface area contributed by atoms with E-state index in [0.29, 0.717) is 50.3 Å². The van der Waals surface area contributed by atoms with E-state index in [1.807, 2.05) is 4.90 Å². The monoisotopic (exact) mass is 516 g/mol. The summed E-state index contributed by atoms with van der Waals surface area (Å²) in [5.74, 6) is -2.46. The summed E-state index contributed by atoms with van der Waals surface area (Å²) < 4.78 is 41.3. The van der Waals surface area contributed by atoms with Gasteiger partial charge in [-0.05, 0) is 63.8 Å². The number of benzene rings is 1. The molecule has 0 bridgehead atoms. The van der Waals surface area contributed by atoms with Gasteiger partial charge < -0.3 is 29.6 Å². The number of aliphatic carboxylic acids is 1. The van der Waals surface area contributed by atoms with Gasteiger partial charge in [0.2, 0.25) is 0 Å². The highest BCUT2D eigenvalue weighted by atomic mass is 19.1. The number of anilines is 1. The third-order valence-corrected chi connectivity index (χ3v) is 7.72. The van der Waals surface area contributed by atoms with Crippen molar-refractivity contribution in [2.45, 2.75) is 51.2 Å². The number of nitrogens with one attached hydrogen (secondary N) is 1. The Hall–Kier alpha value is -3.31. The van der Waals surface area contributed by atoms with Crippen LogP contribution in [0.5, 0.6) is 6.01 Å². The van der Waals surface area contributed by atoms with E-state index in [-0.39, 0.29) is 41.9 Å². The third-order valence-electron chi connectivity index (χ3n) is 7.72. The molecule has 9 nitrogen and oxygen atoms in total. The van der Waals surface area contributed by atoms with Crippen molar-refractivity contribution < 1.29 is 33.3 Å². The predicted octanol–water partition coefficient (Wildman–Crippen LogP) is 3.90. The van der Waals surface area contributed by atoms with E-state index in [2.05, 4.69) is 15.0 Å². The quantitative estimate of drug-likeness (QED) is 0.451. The number of H-pyrrole nitrogens is 1. The molecule has 0 radical (unpaired) electrons. The first-order valence-corrected chi connectivity index (χ1v) is 12.4. The molecule has 3 N–H and O–H groups in total. The van der Waals surface area contributed by atoms with Crippen molar-refractivity contribution in [3.8, 4) is 17.3 Å². The Morgan fingerprint density at radius 2 is 1.81 bits per heavy atom. The van der Waals surface area contributed by atoms with E-state index < -0.39 is 28.6 Å². The number of carboxylic acid groups (broad SMARTS) is 1. The largest absolute Gasteiger partial charge is 0.481 e. The fourth-order valence-corrected chi connectivity index (χ4v) is 5.04. The number of ether oxygens (including phenoxy) is 2. The van der Waals surface area contributed by atoms with Crippen LogP contribution in [-0.2, 0) is 9.53 Å². The van der Waals surface area contributed by atoms with Crippen molar-refractivity contribution in [2.24, 2.45) is 5.41 Å². The summed E-state index contributed by atoms with van der Waals surface area (Å²) in [5.41, 5.74) is -1.45. The van der Waals surface area contributed by atoms with Crippen molar-refractivity contribution in [3.63, 3.8) is 0 Å². The number of morpholine rings is 1. The molecule has 3 aromatic rings. The minimum atomic E-state index is -1.32. The molecule has 2 aliphatic rings. The summed E-state index contributed by atoms with van der Waals surface area (Å²) in [6.07, 6.45) is 1.19. The molecule has 37 heavy (non-hydrogen) atoms. The van der Waals surface area contributed by atoms with Gasteiger partial charge >= 0.3 is 5.97 Å². The van der Waals surface area contributed by atoms with Crippen LogP contribution in [0.4, 0.5) is 14.5 Å². The first kappa shape index (κ1) is 25.3. The maximum atomic E-state index is 15.0. The second-order valence-corrected chi connectivity index (χ2v) is 10.3. The number of rotatable bonds is 6. The van der Waals surface area contributed by atoms with E-state index in [1.165, 1.54) is 32.0 Å². The zero-order valence-corrected chi connectivity index (χ0v) is 20.8. The number of hydrogen-bond acceptors (Lipinski definition) is 7. The van der Waals surface area contributed by atoms with Crippen LogP contribution < -0.4 is 9.64 Å². The molecule has 0 atom stereocenters. The number of aliphatic hydroxyl groups is 1.